The number of ether oxygens (including phenoxy) is 2. The van der Waals surface area contributed by atoms with E-state index in [1.807, 2.05) is 66.1 Å². The number of nitrogens with one attached hydrogen (secondary N) is 1. The zero-order valence-corrected chi connectivity index (χ0v) is 21.4. The van der Waals surface area contributed by atoms with Crippen LogP contribution in [-0.2, 0) is 6.54 Å². The van der Waals surface area contributed by atoms with Crippen molar-refractivity contribution in [1.82, 2.24) is 24.5 Å². The van der Waals surface area contributed by atoms with E-state index in [9.17, 15) is 9.59 Å². The van der Waals surface area contributed by atoms with Gasteiger partial charge in [-0.1, -0.05) is 11.3 Å². The fraction of sp³-hybridized carbons (Fsp3) is 0.185. The molecule has 37 heavy (non-hydrogen) atoms. The Kier molecular flexibility index (Phi) is 6.74. The van der Waals surface area contributed by atoms with Gasteiger partial charge in [0.2, 0.25) is 0 Å². The third-order valence-corrected chi connectivity index (χ3v) is 7.17. The van der Waals surface area contributed by atoms with Crippen LogP contribution in [0.4, 0.5) is 0 Å². The number of methoxy groups -OCH3 is 2. The van der Waals surface area contributed by atoms with Crippen LogP contribution in [0.3, 0.4) is 0 Å². The van der Waals surface area contributed by atoms with Crippen LogP contribution >= 0.6 is 11.3 Å². The highest BCUT2D eigenvalue weighted by Crippen LogP contribution is 2.28. The predicted octanol–water partition coefficient (Wildman–Crippen LogP) is 4.04. The Balaban J connectivity index is 1.26. The first kappa shape index (κ1) is 24.3. The summed E-state index contributed by atoms with van der Waals surface area (Å²) in [5, 5.41) is 7.35. The molecule has 1 amide bonds. The van der Waals surface area contributed by atoms with Crippen molar-refractivity contribution in [3.8, 4) is 34.0 Å². The van der Waals surface area contributed by atoms with E-state index in [0.717, 1.165) is 39.0 Å². The van der Waals surface area contributed by atoms with Crippen molar-refractivity contribution in [2.75, 3.05) is 20.8 Å². The number of thiazole rings is 1. The molecular weight excluding hydrogens is 490 g/mol. The molecule has 0 saturated carbocycles. The van der Waals surface area contributed by atoms with Crippen molar-refractivity contribution in [2.45, 2.75) is 13.5 Å². The molecule has 1 N–H and O–H groups in total. The van der Waals surface area contributed by atoms with Crippen molar-refractivity contribution in [3.05, 3.63) is 87.8 Å². The van der Waals surface area contributed by atoms with Gasteiger partial charge < -0.3 is 14.8 Å². The molecule has 3 heterocycles. The first-order valence-corrected chi connectivity index (χ1v) is 12.4. The summed E-state index contributed by atoms with van der Waals surface area (Å²) in [6.07, 6.45) is 1.92. The minimum atomic E-state index is -0.233. The van der Waals surface area contributed by atoms with Crippen LogP contribution in [0.5, 0.6) is 11.5 Å². The number of nitrogens with zero attached hydrogens (tertiary/aromatic N) is 4. The highest BCUT2D eigenvalue weighted by molar-refractivity contribution is 7.19. The second-order valence-electron chi connectivity index (χ2n) is 8.29. The van der Waals surface area contributed by atoms with Gasteiger partial charge in [-0.05, 0) is 61.5 Å². The van der Waals surface area contributed by atoms with Crippen molar-refractivity contribution < 1.29 is 14.3 Å². The number of carbonyl (C=O) groups is 1. The third-order valence-electron chi connectivity index (χ3n) is 6.01. The highest BCUT2D eigenvalue weighted by Gasteiger charge is 2.18. The molecule has 2 aromatic carbocycles. The average Bonchev–Trinajstić information content (AvgIpc) is 3.49. The zero-order valence-electron chi connectivity index (χ0n) is 20.6. The maximum atomic E-state index is 12.9. The van der Waals surface area contributed by atoms with E-state index < -0.39 is 0 Å². The van der Waals surface area contributed by atoms with Gasteiger partial charge in [-0.15, -0.1) is 0 Å². The lowest BCUT2D eigenvalue weighted by molar-refractivity contribution is 0.0955. The van der Waals surface area contributed by atoms with E-state index in [4.69, 9.17) is 9.47 Å². The normalized spacial score (nSPS) is 11.0. The van der Waals surface area contributed by atoms with Crippen LogP contribution in [0.15, 0.2) is 71.7 Å². The van der Waals surface area contributed by atoms with Gasteiger partial charge in [-0.2, -0.15) is 5.10 Å². The Bertz CT molecular complexity index is 1620. The van der Waals surface area contributed by atoms with Crippen molar-refractivity contribution in [1.29, 1.82) is 0 Å². The molecule has 0 unspecified atom stereocenters. The summed E-state index contributed by atoms with van der Waals surface area (Å²) >= 11 is 1.33. The molecule has 0 aliphatic rings. The Morgan fingerprint density at radius 1 is 0.919 bits per heavy atom. The van der Waals surface area contributed by atoms with Gasteiger partial charge in [0.25, 0.3) is 11.5 Å². The summed E-state index contributed by atoms with van der Waals surface area (Å²) in [7, 11) is 3.24. The summed E-state index contributed by atoms with van der Waals surface area (Å²) in [5.74, 6) is 1.32. The first-order valence-electron chi connectivity index (χ1n) is 11.6. The smallest absolute Gasteiger partial charge is 0.266 e. The molecule has 10 heteroatoms. The molecule has 9 nitrogen and oxygen atoms in total. The van der Waals surface area contributed by atoms with Crippen LogP contribution < -0.4 is 20.3 Å². The molecule has 5 aromatic rings. The molecule has 0 spiro atoms. The summed E-state index contributed by atoms with van der Waals surface area (Å²) in [4.78, 5) is 31.2. The molecule has 0 aliphatic carbocycles. The summed E-state index contributed by atoms with van der Waals surface area (Å²) in [6.45, 7) is 2.40. The SMILES string of the molecule is COc1ccc(-c2cn3c(C)c(C(=O)NCCn4nc(-c5ccc(OC)cc5)ccc4=O)sc3n2)cc1. The summed E-state index contributed by atoms with van der Waals surface area (Å²) < 4.78 is 13.7. The number of carbonyl (C=O) groups excluding carboxylic acids is 1. The minimum absolute atomic E-state index is 0.210. The maximum Gasteiger partial charge on any atom is 0.266 e. The second kappa shape index (κ2) is 10.3. The van der Waals surface area contributed by atoms with Crippen LogP contribution in [0.1, 0.15) is 15.4 Å². The minimum Gasteiger partial charge on any atom is -0.497 e. The lowest BCUT2D eigenvalue weighted by atomic mass is 10.1. The monoisotopic (exact) mass is 515 g/mol. The third kappa shape index (κ3) is 4.96. The fourth-order valence-electron chi connectivity index (χ4n) is 3.94. The van der Waals surface area contributed by atoms with E-state index in [2.05, 4.69) is 15.4 Å². The number of fused-ring (bicyclic) bond motifs is 1. The molecule has 0 radical (unpaired) electrons. The molecule has 0 aliphatic heterocycles. The Hall–Kier alpha value is -4.44. The standard InChI is InChI=1S/C27H25N5O4S/c1-17-25(37-27-29-23(16-31(17)27)19-6-10-21(36-3)11-7-19)26(34)28-14-15-32-24(33)13-12-22(30-32)18-4-8-20(35-2)9-5-18/h4-13,16H,14-15H2,1-3H3,(H,28,34). The first-order chi connectivity index (χ1) is 18.0. The molecule has 3 aromatic heterocycles. The number of hydrogen-bond donors (Lipinski definition) is 1. The van der Waals surface area contributed by atoms with E-state index in [1.54, 1.807) is 20.3 Å². The van der Waals surface area contributed by atoms with Gasteiger partial charge in [-0.25, -0.2) is 9.67 Å². The van der Waals surface area contributed by atoms with Gasteiger partial charge in [0.15, 0.2) is 4.96 Å². The Morgan fingerprint density at radius 3 is 2.14 bits per heavy atom. The second-order valence-corrected chi connectivity index (χ2v) is 9.27. The molecule has 0 fully saturated rings. The van der Waals surface area contributed by atoms with E-state index in [-0.39, 0.29) is 24.6 Å². The summed E-state index contributed by atoms with van der Waals surface area (Å²) in [5.41, 5.74) is 3.90. The number of hydrogen-bond acceptors (Lipinski definition) is 7. The molecule has 5 rings (SSSR count). The van der Waals surface area contributed by atoms with Crippen LogP contribution in [0.2, 0.25) is 0 Å². The number of aromatic nitrogens is 4. The zero-order chi connectivity index (χ0) is 25.9. The fourth-order valence-corrected chi connectivity index (χ4v) is 4.97. The van der Waals surface area contributed by atoms with Gasteiger partial charge in [0, 0.05) is 35.6 Å². The molecule has 188 valence electrons. The number of amides is 1. The number of aryl methyl sites for hydroxylation is 1. The van der Waals surface area contributed by atoms with E-state index in [0.29, 0.717) is 10.6 Å². The van der Waals surface area contributed by atoms with E-state index in [1.165, 1.54) is 22.1 Å². The molecule has 0 saturated heterocycles. The average molecular weight is 516 g/mol. The van der Waals surface area contributed by atoms with Crippen LogP contribution in [0, 0.1) is 6.92 Å². The van der Waals surface area contributed by atoms with Crippen molar-refractivity contribution >= 4 is 22.2 Å². The molecule has 0 atom stereocenters. The van der Waals surface area contributed by atoms with Crippen molar-refractivity contribution in [3.63, 3.8) is 0 Å². The van der Waals surface area contributed by atoms with Gasteiger partial charge in [0.05, 0.1) is 32.2 Å². The summed E-state index contributed by atoms with van der Waals surface area (Å²) in [6, 6.07) is 18.3. The van der Waals surface area contributed by atoms with Crippen LogP contribution in [-0.4, -0.2) is 45.8 Å². The largest absolute Gasteiger partial charge is 0.497 e. The number of imidazole rings is 1. The molecular formula is C27H25N5O4S. The number of benzene rings is 2. The maximum absolute atomic E-state index is 12.9. The Morgan fingerprint density at radius 2 is 1.54 bits per heavy atom. The van der Waals surface area contributed by atoms with Crippen molar-refractivity contribution in [2.24, 2.45) is 0 Å². The topological polar surface area (TPSA) is 99.8 Å². The Labute approximate surface area is 216 Å². The lowest BCUT2D eigenvalue weighted by Gasteiger charge is -2.09. The van der Waals surface area contributed by atoms with Gasteiger partial charge >= 0.3 is 0 Å². The van der Waals surface area contributed by atoms with E-state index >= 15 is 0 Å². The van der Waals surface area contributed by atoms with Gasteiger partial charge in [-0.3, -0.25) is 14.0 Å². The number of rotatable bonds is 8. The lowest BCUT2D eigenvalue weighted by Crippen LogP contribution is -2.31. The quantitative estimate of drug-likeness (QED) is 0.335. The predicted molar refractivity (Wildman–Crippen MR) is 143 cm³/mol. The van der Waals surface area contributed by atoms with Crippen LogP contribution in [0.25, 0.3) is 27.5 Å². The van der Waals surface area contributed by atoms with Gasteiger partial charge in [0.1, 0.15) is 16.4 Å². The molecule has 0 bridgehead atoms. The highest BCUT2D eigenvalue weighted by atomic mass is 32.1.